The molecular weight excluding hydrogens is 467 g/mol. The average molecular weight is 494 g/mol. The second-order valence-electron chi connectivity index (χ2n) is 8.21. The van der Waals surface area contributed by atoms with E-state index in [0.717, 1.165) is 0 Å². The smallest absolute Gasteiger partial charge is 1.00 e. The van der Waals surface area contributed by atoms with Crippen LogP contribution in [0.1, 0.15) is 49.1 Å². The van der Waals surface area contributed by atoms with Crippen LogP contribution in [0.3, 0.4) is 0 Å². The zero-order valence-corrected chi connectivity index (χ0v) is 21.1. The summed E-state index contributed by atoms with van der Waals surface area (Å²) in [6, 6.07) is 28.8. The number of hydrogen-bond acceptors (Lipinski definition) is 0. The van der Waals surface area contributed by atoms with Gasteiger partial charge in [0.1, 0.15) is 0 Å². The van der Waals surface area contributed by atoms with Crippen LogP contribution in [0, 0.1) is 0 Å². The number of halogens is 2. The van der Waals surface area contributed by atoms with Crippen LogP contribution in [0.2, 0.25) is 0 Å². The maximum absolute atomic E-state index is 2.67. The molecule has 0 aliphatic heterocycles. The van der Waals surface area contributed by atoms with Crippen LogP contribution in [0.25, 0.3) is 12.2 Å². The molecule has 0 bridgehead atoms. The van der Waals surface area contributed by atoms with Crippen LogP contribution in [0.5, 0.6) is 0 Å². The number of rotatable bonds is 7. The van der Waals surface area contributed by atoms with Crippen molar-refractivity contribution in [3.8, 4) is 0 Å². The molecule has 2 unspecified atom stereocenters. The van der Waals surface area contributed by atoms with E-state index < -0.39 is 17.9 Å². The standard InChI is InChI=1S/C11H13.2C9H7.2ClH.Ti/c1-2-3-5-8-11-9-6-4-7-10-11;2*1-2-5-9-7-3-6-8(9)4-1;;;/h1-2,4,6-7,9-10H,3,5,8H2;2*1-7H;2*1H;/q;;;;;+2/p-2. The summed E-state index contributed by atoms with van der Waals surface area (Å²) in [6.07, 6.45) is 15.7. The van der Waals surface area contributed by atoms with Crippen LogP contribution in [0.4, 0.5) is 0 Å². The van der Waals surface area contributed by atoms with Gasteiger partial charge < -0.3 is 24.8 Å². The van der Waals surface area contributed by atoms with Crippen molar-refractivity contribution in [2.75, 3.05) is 0 Å². The SMILES string of the molecule is C(=[CH][Ti+2]([CH]1C=Cc2ccccc21)[CH]1C=Cc2ccccc21)CCCc1ccccc1.[Cl-].[Cl-]. The minimum Gasteiger partial charge on any atom is -1.00 e. The molecule has 161 valence electrons. The summed E-state index contributed by atoms with van der Waals surface area (Å²) in [4.78, 5) is 0. The van der Waals surface area contributed by atoms with Gasteiger partial charge in [0.25, 0.3) is 0 Å². The molecule has 0 spiro atoms. The van der Waals surface area contributed by atoms with Crippen molar-refractivity contribution in [2.24, 2.45) is 0 Å². The summed E-state index contributed by atoms with van der Waals surface area (Å²) in [5.41, 5.74) is 7.36. The maximum atomic E-state index is 2.67. The number of benzene rings is 3. The van der Waals surface area contributed by atoms with E-state index in [-0.39, 0.29) is 24.8 Å². The molecule has 2 aliphatic carbocycles. The zero-order chi connectivity index (χ0) is 20.2. The number of fused-ring (bicyclic) bond motifs is 2. The first-order valence-electron chi connectivity index (χ1n) is 11.0. The van der Waals surface area contributed by atoms with Gasteiger partial charge in [-0.2, -0.15) is 0 Å². The van der Waals surface area contributed by atoms with E-state index in [2.05, 4.69) is 114 Å². The van der Waals surface area contributed by atoms with E-state index >= 15 is 0 Å². The molecule has 0 saturated heterocycles. The van der Waals surface area contributed by atoms with Crippen molar-refractivity contribution in [3.63, 3.8) is 0 Å². The molecule has 2 atom stereocenters. The fourth-order valence-corrected chi connectivity index (χ4v) is 9.64. The third-order valence-corrected chi connectivity index (χ3v) is 11.1. The zero-order valence-electron chi connectivity index (χ0n) is 18.0. The summed E-state index contributed by atoms with van der Waals surface area (Å²) in [6.45, 7) is 0. The molecule has 2 aliphatic rings. The van der Waals surface area contributed by atoms with Gasteiger partial charge in [-0.1, -0.05) is 0 Å². The minimum atomic E-state index is -1.63. The van der Waals surface area contributed by atoms with Gasteiger partial charge in [-0.05, 0) is 0 Å². The van der Waals surface area contributed by atoms with E-state index in [1.807, 2.05) is 0 Å². The van der Waals surface area contributed by atoms with Gasteiger partial charge in [0.15, 0.2) is 0 Å². The molecule has 0 amide bonds. The summed E-state index contributed by atoms with van der Waals surface area (Å²) in [5, 5.41) is 0. The predicted octanol–water partition coefficient (Wildman–Crippen LogP) is 1.69. The van der Waals surface area contributed by atoms with Gasteiger partial charge >= 0.3 is 187 Å². The minimum absolute atomic E-state index is 0. The first-order valence-corrected chi connectivity index (χ1v) is 13.7. The van der Waals surface area contributed by atoms with Crippen LogP contribution in [-0.4, -0.2) is 0 Å². The van der Waals surface area contributed by atoms with Crippen molar-refractivity contribution >= 4 is 12.2 Å². The molecule has 0 fully saturated rings. The summed E-state index contributed by atoms with van der Waals surface area (Å²) < 4.78 is 3.87. The van der Waals surface area contributed by atoms with Gasteiger partial charge in [0.05, 0.1) is 0 Å². The molecule has 3 aromatic carbocycles. The maximum Gasteiger partial charge on any atom is -1.00 e. The van der Waals surface area contributed by atoms with Gasteiger partial charge in [-0.3, -0.25) is 0 Å². The van der Waals surface area contributed by atoms with E-state index in [0.29, 0.717) is 8.45 Å². The molecule has 0 aromatic heterocycles. The van der Waals surface area contributed by atoms with Gasteiger partial charge in [-0.25, -0.2) is 0 Å². The topological polar surface area (TPSA) is 0 Å². The summed E-state index contributed by atoms with van der Waals surface area (Å²) in [7, 11) is 0. The van der Waals surface area contributed by atoms with E-state index in [9.17, 15) is 0 Å². The van der Waals surface area contributed by atoms with Crippen LogP contribution in [0.15, 0.2) is 101 Å². The van der Waals surface area contributed by atoms with Crippen molar-refractivity contribution in [3.05, 3.63) is 129 Å². The Balaban J connectivity index is 0.00000144. The molecule has 5 rings (SSSR count). The van der Waals surface area contributed by atoms with Crippen molar-refractivity contribution in [1.82, 2.24) is 0 Å². The third-order valence-electron chi connectivity index (χ3n) is 6.31. The van der Waals surface area contributed by atoms with E-state index in [4.69, 9.17) is 0 Å². The van der Waals surface area contributed by atoms with Gasteiger partial charge in [0.2, 0.25) is 0 Å². The Labute approximate surface area is 210 Å². The Bertz CT molecular complexity index is 1040. The molecule has 3 heteroatoms. The molecular formula is C29H27Cl2Ti. The Kier molecular flexibility index (Phi) is 9.20. The molecule has 0 N–H and O–H groups in total. The predicted molar refractivity (Wildman–Crippen MR) is 125 cm³/mol. The van der Waals surface area contributed by atoms with Crippen molar-refractivity contribution in [1.29, 1.82) is 0 Å². The molecule has 0 saturated carbocycles. The normalized spacial score (nSPS) is 17.5. The Hall–Kier alpha value is -1.83. The Morgan fingerprint density at radius 1 is 0.656 bits per heavy atom. The average Bonchev–Trinajstić information content (AvgIpc) is 3.42. The number of hydrogen-bond donors (Lipinski definition) is 0. The Morgan fingerprint density at radius 3 is 1.78 bits per heavy atom. The molecule has 0 radical (unpaired) electrons. The quantitative estimate of drug-likeness (QED) is 0.347. The first kappa shape index (κ1) is 24.8. The fourth-order valence-electron chi connectivity index (χ4n) is 4.77. The number of unbranched alkanes of at least 4 members (excludes halogenated alkanes) is 1. The van der Waals surface area contributed by atoms with E-state index in [1.165, 1.54) is 36.0 Å². The number of allylic oxidation sites excluding steroid dienone is 3. The van der Waals surface area contributed by atoms with Crippen molar-refractivity contribution < 1.29 is 42.7 Å². The second kappa shape index (κ2) is 11.9. The van der Waals surface area contributed by atoms with Crippen LogP contribution >= 0.6 is 0 Å². The summed E-state index contributed by atoms with van der Waals surface area (Å²) >= 11 is -1.63. The van der Waals surface area contributed by atoms with Gasteiger partial charge in [-0.15, -0.1) is 0 Å². The monoisotopic (exact) mass is 493 g/mol. The van der Waals surface area contributed by atoms with Gasteiger partial charge in [0, 0.05) is 0 Å². The second-order valence-corrected chi connectivity index (χ2v) is 12.2. The van der Waals surface area contributed by atoms with Crippen LogP contribution < -0.4 is 24.8 Å². The van der Waals surface area contributed by atoms with E-state index in [1.54, 1.807) is 11.1 Å². The molecule has 32 heavy (non-hydrogen) atoms. The number of aryl methyl sites for hydroxylation is 1. The third kappa shape index (κ3) is 5.38. The van der Waals surface area contributed by atoms with Crippen molar-refractivity contribution in [2.45, 2.75) is 27.7 Å². The first-order chi connectivity index (χ1) is 14.9. The molecule has 0 nitrogen and oxygen atoms in total. The van der Waals surface area contributed by atoms with Crippen LogP contribution in [-0.2, 0) is 24.3 Å². The largest absolute Gasteiger partial charge is 1.00 e. The Morgan fingerprint density at radius 2 is 1.19 bits per heavy atom. The molecule has 3 aromatic rings. The summed E-state index contributed by atoms with van der Waals surface area (Å²) in [5.74, 6) is 0. The molecule has 0 heterocycles. The fraction of sp³-hybridized carbons (Fsp3) is 0.172.